The van der Waals surface area contributed by atoms with E-state index < -0.39 is 4.92 Å². The molecule has 5 nitrogen and oxygen atoms in total. The van der Waals surface area contributed by atoms with E-state index in [0.717, 1.165) is 36.0 Å². The van der Waals surface area contributed by atoms with Crippen molar-refractivity contribution in [2.45, 2.75) is 18.8 Å². The number of rotatable bonds is 3. The number of nitro groups is 1. The summed E-state index contributed by atoms with van der Waals surface area (Å²) < 4.78 is 0.901. The number of non-ortho nitro benzene ring substituents is 1. The summed E-state index contributed by atoms with van der Waals surface area (Å²) in [4.78, 5) is 25.9. The molecular weight excluding hydrogens is 348 g/mol. The summed E-state index contributed by atoms with van der Waals surface area (Å²) in [5.74, 6) is 0.533. The molecule has 0 N–H and O–H groups in total. The van der Waals surface area contributed by atoms with Gasteiger partial charge in [-0.05, 0) is 36.5 Å². The lowest BCUT2D eigenvalue weighted by Gasteiger charge is -2.32. The molecule has 0 aliphatic carbocycles. The molecule has 0 atom stereocenters. The Balaban J connectivity index is 1.48. The fraction of sp³-hybridized carbons (Fsp3) is 0.250. The van der Waals surface area contributed by atoms with Crippen LogP contribution in [0.1, 0.15) is 34.0 Å². The predicted octanol–water partition coefficient (Wildman–Crippen LogP) is 4.83. The molecule has 1 aliphatic heterocycles. The van der Waals surface area contributed by atoms with Crippen molar-refractivity contribution in [3.05, 3.63) is 75.2 Å². The fourth-order valence-electron chi connectivity index (χ4n) is 3.55. The van der Waals surface area contributed by atoms with Gasteiger partial charge in [-0.15, -0.1) is 11.3 Å². The normalized spacial score (nSPS) is 15.3. The summed E-state index contributed by atoms with van der Waals surface area (Å²) in [6.45, 7) is 1.49. The molecule has 1 amide bonds. The smallest absolute Gasteiger partial charge is 0.270 e. The molecule has 2 aromatic carbocycles. The highest BCUT2D eigenvalue weighted by molar-refractivity contribution is 7.20. The zero-order valence-electron chi connectivity index (χ0n) is 14.1. The number of nitro benzene ring substituents is 1. The second kappa shape index (κ2) is 6.88. The van der Waals surface area contributed by atoms with Crippen LogP contribution in [0.25, 0.3) is 10.1 Å². The average Bonchev–Trinajstić information content (AvgIpc) is 3.11. The quantitative estimate of drug-likeness (QED) is 0.493. The van der Waals surface area contributed by atoms with Crippen LogP contribution in [-0.4, -0.2) is 28.8 Å². The van der Waals surface area contributed by atoms with Crippen LogP contribution >= 0.6 is 11.3 Å². The van der Waals surface area contributed by atoms with Crippen molar-refractivity contribution in [2.75, 3.05) is 13.1 Å². The van der Waals surface area contributed by atoms with Crippen molar-refractivity contribution < 1.29 is 9.72 Å². The van der Waals surface area contributed by atoms with Gasteiger partial charge in [0, 0.05) is 35.3 Å². The van der Waals surface area contributed by atoms with Crippen molar-refractivity contribution in [1.29, 1.82) is 0 Å². The van der Waals surface area contributed by atoms with Crippen molar-refractivity contribution in [1.82, 2.24) is 4.90 Å². The number of thiophene rings is 1. The van der Waals surface area contributed by atoms with Crippen LogP contribution in [0.4, 0.5) is 5.69 Å². The first-order valence-electron chi connectivity index (χ1n) is 8.64. The molecule has 0 radical (unpaired) electrons. The second-order valence-electron chi connectivity index (χ2n) is 6.57. The number of fused-ring (bicyclic) bond motifs is 1. The highest BCUT2D eigenvalue weighted by Gasteiger charge is 2.25. The molecule has 26 heavy (non-hydrogen) atoms. The van der Waals surface area contributed by atoms with Gasteiger partial charge in [-0.25, -0.2) is 0 Å². The van der Waals surface area contributed by atoms with Crippen molar-refractivity contribution in [2.24, 2.45) is 0 Å². The third-order valence-electron chi connectivity index (χ3n) is 4.97. The minimum Gasteiger partial charge on any atom is -0.338 e. The van der Waals surface area contributed by atoms with Crippen LogP contribution in [0.5, 0.6) is 0 Å². The van der Waals surface area contributed by atoms with Crippen LogP contribution in [0.3, 0.4) is 0 Å². The Kier molecular flexibility index (Phi) is 4.42. The number of amides is 1. The average molecular weight is 366 g/mol. The highest BCUT2D eigenvalue weighted by Crippen LogP contribution is 2.32. The molecule has 3 aromatic rings. The van der Waals surface area contributed by atoms with Gasteiger partial charge in [0.25, 0.3) is 11.6 Å². The van der Waals surface area contributed by atoms with E-state index in [4.69, 9.17) is 0 Å². The first kappa shape index (κ1) is 16.7. The molecule has 0 unspecified atom stereocenters. The van der Waals surface area contributed by atoms with Crippen molar-refractivity contribution >= 4 is 33.0 Å². The Morgan fingerprint density at radius 1 is 1.08 bits per heavy atom. The van der Waals surface area contributed by atoms with E-state index in [1.807, 2.05) is 11.0 Å². The molecule has 1 saturated heterocycles. The molecule has 1 fully saturated rings. The van der Waals surface area contributed by atoms with Gasteiger partial charge >= 0.3 is 0 Å². The van der Waals surface area contributed by atoms with E-state index in [1.54, 1.807) is 12.1 Å². The molecular formula is C20H18N2O3S. The predicted molar refractivity (Wildman–Crippen MR) is 103 cm³/mol. The Labute approximate surface area is 155 Å². The van der Waals surface area contributed by atoms with Gasteiger partial charge in [-0.2, -0.15) is 0 Å². The Morgan fingerprint density at radius 2 is 1.81 bits per heavy atom. The molecule has 4 rings (SSSR count). The summed E-state index contributed by atoms with van der Waals surface area (Å²) in [6, 6.07) is 17.0. The van der Waals surface area contributed by atoms with Crippen LogP contribution in [0, 0.1) is 10.1 Å². The number of carbonyl (C=O) groups excluding carboxylic acids is 1. The maximum absolute atomic E-state index is 12.8. The topological polar surface area (TPSA) is 63.4 Å². The summed E-state index contributed by atoms with van der Waals surface area (Å²) >= 11 is 1.40. The van der Waals surface area contributed by atoms with E-state index in [1.165, 1.54) is 29.0 Å². The number of nitrogens with zero attached hydrogens (tertiary/aromatic N) is 2. The number of benzene rings is 2. The van der Waals surface area contributed by atoms with Gasteiger partial charge in [-0.1, -0.05) is 30.3 Å². The van der Waals surface area contributed by atoms with Crippen molar-refractivity contribution in [3.8, 4) is 0 Å². The summed E-state index contributed by atoms with van der Waals surface area (Å²) in [5.41, 5.74) is 1.40. The SMILES string of the molecule is O=C(c1cc2cc([N+](=O)[O-])ccc2s1)N1CCC(c2ccccc2)CC1. The van der Waals surface area contributed by atoms with Gasteiger partial charge in [0.2, 0.25) is 0 Å². The minimum atomic E-state index is -0.410. The first-order chi connectivity index (χ1) is 12.6. The zero-order chi connectivity index (χ0) is 18.1. The number of hydrogen-bond donors (Lipinski definition) is 0. The molecule has 1 aromatic heterocycles. The number of carbonyl (C=O) groups is 1. The second-order valence-corrected chi connectivity index (χ2v) is 7.65. The maximum atomic E-state index is 12.8. The molecule has 2 heterocycles. The van der Waals surface area contributed by atoms with E-state index in [2.05, 4.69) is 24.3 Å². The Hall–Kier alpha value is -2.73. The minimum absolute atomic E-state index is 0.0281. The lowest BCUT2D eigenvalue weighted by Crippen LogP contribution is -2.37. The third-order valence-corrected chi connectivity index (χ3v) is 6.08. The molecule has 0 saturated carbocycles. The molecule has 1 aliphatic rings. The lowest BCUT2D eigenvalue weighted by atomic mass is 9.89. The summed E-state index contributed by atoms with van der Waals surface area (Å²) in [5, 5.41) is 11.7. The lowest BCUT2D eigenvalue weighted by molar-refractivity contribution is -0.384. The third kappa shape index (κ3) is 3.20. The monoisotopic (exact) mass is 366 g/mol. The van der Waals surface area contributed by atoms with Crippen LogP contribution in [-0.2, 0) is 0 Å². The van der Waals surface area contributed by atoms with Crippen LogP contribution in [0.2, 0.25) is 0 Å². The fourth-order valence-corrected chi connectivity index (χ4v) is 4.56. The zero-order valence-corrected chi connectivity index (χ0v) is 14.9. The summed E-state index contributed by atoms with van der Waals surface area (Å²) in [6.07, 6.45) is 1.93. The number of piperidine rings is 1. The van der Waals surface area contributed by atoms with Crippen molar-refractivity contribution in [3.63, 3.8) is 0 Å². The number of hydrogen-bond acceptors (Lipinski definition) is 4. The Morgan fingerprint density at radius 3 is 2.50 bits per heavy atom. The highest BCUT2D eigenvalue weighted by atomic mass is 32.1. The first-order valence-corrected chi connectivity index (χ1v) is 9.45. The van der Waals surface area contributed by atoms with Gasteiger partial charge < -0.3 is 4.90 Å². The van der Waals surface area contributed by atoms with E-state index >= 15 is 0 Å². The van der Waals surface area contributed by atoms with Gasteiger partial charge in [0.1, 0.15) is 0 Å². The largest absolute Gasteiger partial charge is 0.338 e. The van der Waals surface area contributed by atoms with E-state index in [9.17, 15) is 14.9 Å². The standard InChI is InChI=1S/C20H18N2O3S/c23-20(19-13-16-12-17(22(24)25)6-7-18(16)26-19)21-10-8-15(9-11-21)14-4-2-1-3-5-14/h1-7,12-13,15H,8-11H2. The Bertz CT molecular complexity index is 960. The maximum Gasteiger partial charge on any atom is 0.270 e. The van der Waals surface area contributed by atoms with Gasteiger partial charge in [0.15, 0.2) is 0 Å². The summed E-state index contributed by atoms with van der Waals surface area (Å²) in [7, 11) is 0. The van der Waals surface area contributed by atoms with Gasteiger partial charge in [-0.3, -0.25) is 14.9 Å². The van der Waals surface area contributed by atoms with Crippen LogP contribution in [0.15, 0.2) is 54.6 Å². The molecule has 0 spiro atoms. The van der Waals surface area contributed by atoms with E-state index in [-0.39, 0.29) is 11.6 Å². The molecule has 6 heteroatoms. The molecule has 132 valence electrons. The van der Waals surface area contributed by atoms with Gasteiger partial charge in [0.05, 0.1) is 9.80 Å². The molecule has 0 bridgehead atoms. The number of likely N-dealkylation sites (tertiary alicyclic amines) is 1. The van der Waals surface area contributed by atoms with E-state index in [0.29, 0.717) is 10.8 Å². The van der Waals surface area contributed by atoms with Crippen LogP contribution < -0.4 is 0 Å².